The van der Waals surface area contributed by atoms with Crippen LogP contribution < -0.4 is 5.32 Å². The maximum Gasteiger partial charge on any atom is 0.144 e. The fourth-order valence-corrected chi connectivity index (χ4v) is 0.946. The lowest BCUT2D eigenvalue weighted by atomic mass is 10.2. The third kappa shape index (κ3) is 2.45. The number of pyridine rings is 1. The normalized spacial score (nSPS) is 11.8. The van der Waals surface area contributed by atoms with E-state index in [1.54, 1.807) is 18.3 Å². The molecule has 1 aromatic heterocycles. The average Bonchev–Trinajstić information content (AvgIpc) is 2.18. The zero-order valence-electron chi connectivity index (χ0n) is 7.91. The van der Waals surface area contributed by atoms with Gasteiger partial charge in [-0.2, -0.15) is 5.26 Å². The van der Waals surface area contributed by atoms with Crippen molar-refractivity contribution in [3.05, 3.63) is 23.9 Å². The van der Waals surface area contributed by atoms with Crippen molar-refractivity contribution in [2.75, 3.05) is 5.32 Å². The molecular weight excluding hydrogens is 162 g/mol. The summed E-state index contributed by atoms with van der Waals surface area (Å²) in [5.41, 5.74) is 0.600. The Hall–Kier alpha value is -1.56. The first-order valence-corrected chi connectivity index (χ1v) is 4.39. The lowest BCUT2D eigenvalue weighted by Crippen LogP contribution is -2.15. The Labute approximate surface area is 78.4 Å². The number of hydrogen-bond donors (Lipinski definition) is 1. The lowest BCUT2D eigenvalue weighted by molar-refractivity contribution is 0.758. The molecule has 1 N–H and O–H groups in total. The number of rotatable bonds is 3. The van der Waals surface area contributed by atoms with E-state index in [4.69, 9.17) is 5.26 Å². The molecule has 0 saturated heterocycles. The predicted molar refractivity (Wildman–Crippen MR) is 52.3 cm³/mol. The highest BCUT2D eigenvalue weighted by Gasteiger charge is 2.04. The van der Waals surface area contributed by atoms with Crippen molar-refractivity contribution in [2.24, 2.45) is 0 Å². The van der Waals surface area contributed by atoms with E-state index in [2.05, 4.69) is 30.2 Å². The van der Waals surface area contributed by atoms with Crippen LogP contribution in [-0.4, -0.2) is 11.0 Å². The van der Waals surface area contributed by atoms with Gasteiger partial charge in [0.1, 0.15) is 11.9 Å². The van der Waals surface area contributed by atoms with Crippen molar-refractivity contribution < 1.29 is 0 Å². The highest BCUT2D eigenvalue weighted by atomic mass is 15.0. The Morgan fingerprint density at radius 3 is 3.08 bits per heavy atom. The summed E-state index contributed by atoms with van der Waals surface area (Å²) in [7, 11) is 0. The predicted octanol–water partition coefficient (Wildman–Crippen LogP) is 2.16. The fraction of sp³-hybridized carbons (Fsp3) is 0.400. The van der Waals surface area contributed by atoms with Crippen molar-refractivity contribution in [2.45, 2.75) is 26.3 Å². The van der Waals surface area contributed by atoms with E-state index in [0.29, 0.717) is 17.4 Å². The molecule has 1 rings (SSSR count). The zero-order valence-corrected chi connectivity index (χ0v) is 7.91. The summed E-state index contributed by atoms with van der Waals surface area (Å²) in [6.45, 7) is 4.16. The molecule has 1 atom stereocenters. The SMILES string of the molecule is CC[C@H](C)Nc1ncccc1C#N. The minimum absolute atomic E-state index is 0.349. The van der Waals surface area contributed by atoms with Crippen molar-refractivity contribution >= 4 is 5.82 Å². The number of nitriles is 1. The molecule has 68 valence electrons. The van der Waals surface area contributed by atoms with Gasteiger partial charge >= 0.3 is 0 Å². The van der Waals surface area contributed by atoms with Gasteiger partial charge in [0.25, 0.3) is 0 Å². The van der Waals surface area contributed by atoms with Crippen LogP contribution in [-0.2, 0) is 0 Å². The third-order valence-corrected chi connectivity index (χ3v) is 1.92. The molecule has 3 heteroatoms. The Kier molecular flexibility index (Phi) is 3.27. The molecule has 0 aliphatic carbocycles. The smallest absolute Gasteiger partial charge is 0.144 e. The maximum absolute atomic E-state index is 8.77. The largest absolute Gasteiger partial charge is 0.367 e. The number of hydrogen-bond acceptors (Lipinski definition) is 3. The van der Waals surface area contributed by atoms with Crippen molar-refractivity contribution in [1.29, 1.82) is 5.26 Å². The van der Waals surface area contributed by atoms with Gasteiger partial charge in [-0.05, 0) is 25.5 Å². The number of nitrogens with zero attached hydrogens (tertiary/aromatic N) is 2. The highest BCUT2D eigenvalue weighted by Crippen LogP contribution is 2.11. The highest BCUT2D eigenvalue weighted by molar-refractivity contribution is 5.51. The van der Waals surface area contributed by atoms with Crippen LogP contribution >= 0.6 is 0 Å². The van der Waals surface area contributed by atoms with Crippen molar-refractivity contribution in [1.82, 2.24) is 4.98 Å². The second kappa shape index (κ2) is 4.46. The van der Waals surface area contributed by atoms with Gasteiger partial charge in [-0.25, -0.2) is 4.98 Å². The third-order valence-electron chi connectivity index (χ3n) is 1.92. The van der Waals surface area contributed by atoms with E-state index in [9.17, 15) is 0 Å². The van der Waals surface area contributed by atoms with E-state index < -0.39 is 0 Å². The standard InChI is InChI=1S/C10H13N3/c1-3-8(2)13-10-9(7-11)5-4-6-12-10/h4-6,8H,3H2,1-2H3,(H,12,13)/t8-/m0/s1. The Morgan fingerprint density at radius 2 is 2.46 bits per heavy atom. The van der Waals surface area contributed by atoms with Gasteiger partial charge in [-0.3, -0.25) is 0 Å². The van der Waals surface area contributed by atoms with Crippen LogP contribution in [0.4, 0.5) is 5.82 Å². The van der Waals surface area contributed by atoms with Crippen molar-refractivity contribution in [3.63, 3.8) is 0 Å². The van der Waals surface area contributed by atoms with Gasteiger partial charge in [0, 0.05) is 12.2 Å². The summed E-state index contributed by atoms with van der Waals surface area (Å²) in [5, 5.41) is 12.0. The summed E-state index contributed by atoms with van der Waals surface area (Å²) in [6.07, 6.45) is 2.70. The van der Waals surface area contributed by atoms with Crippen molar-refractivity contribution in [3.8, 4) is 6.07 Å². The quantitative estimate of drug-likeness (QED) is 0.765. The number of aromatic nitrogens is 1. The van der Waals surface area contributed by atoms with Crippen LogP contribution in [0.1, 0.15) is 25.8 Å². The van der Waals surface area contributed by atoms with Crippen LogP contribution in [0.25, 0.3) is 0 Å². The number of anilines is 1. The molecule has 0 aliphatic heterocycles. The van der Waals surface area contributed by atoms with Crippen LogP contribution in [0.2, 0.25) is 0 Å². The van der Waals surface area contributed by atoms with Gasteiger partial charge in [0.05, 0.1) is 5.56 Å². The van der Waals surface area contributed by atoms with Gasteiger partial charge in [-0.15, -0.1) is 0 Å². The molecule has 0 aromatic carbocycles. The second-order valence-electron chi connectivity index (χ2n) is 2.97. The minimum atomic E-state index is 0.349. The minimum Gasteiger partial charge on any atom is -0.367 e. The fourth-order valence-electron chi connectivity index (χ4n) is 0.946. The molecule has 1 aromatic rings. The van der Waals surface area contributed by atoms with Gasteiger partial charge in [0.15, 0.2) is 0 Å². The molecule has 0 bridgehead atoms. The Balaban J connectivity index is 2.82. The van der Waals surface area contributed by atoms with E-state index in [1.165, 1.54) is 0 Å². The zero-order chi connectivity index (χ0) is 9.68. The van der Waals surface area contributed by atoms with E-state index in [-0.39, 0.29) is 0 Å². The monoisotopic (exact) mass is 175 g/mol. The van der Waals surface area contributed by atoms with Crippen LogP contribution in [0.15, 0.2) is 18.3 Å². The summed E-state index contributed by atoms with van der Waals surface area (Å²) in [5.74, 6) is 0.680. The Morgan fingerprint density at radius 1 is 1.69 bits per heavy atom. The summed E-state index contributed by atoms with van der Waals surface area (Å²) in [6, 6.07) is 5.97. The molecule has 0 spiro atoms. The van der Waals surface area contributed by atoms with E-state index in [1.807, 2.05) is 0 Å². The number of nitrogens with one attached hydrogen (secondary N) is 1. The average molecular weight is 175 g/mol. The van der Waals surface area contributed by atoms with Gasteiger partial charge in [-0.1, -0.05) is 6.92 Å². The maximum atomic E-state index is 8.77. The van der Waals surface area contributed by atoms with Crippen LogP contribution in [0, 0.1) is 11.3 Å². The summed E-state index contributed by atoms with van der Waals surface area (Å²) in [4.78, 5) is 4.10. The van der Waals surface area contributed by atoms with Crippen LogP contribution in [0.3, 0.4) is 0 Å². The molecule has 0 fully saturated rings. The molecule has 0 aliphatic rings. The molecule has 3 nitrogen and oxygen atoms in total. The summed E-state index contributed by atoms with van der Waals surface area (Å²) >= 11 is 0. The van der Waals surface area contributed by atoms with Gasteiger partial charge in [0.2, 0.25) is 0 Å². The lowest BCUT2D eigenvalue weighted by Gasteiger charge is -2.12. The molecule has 13 heavy (non-hydrogen) atoms. The van der Waals surface area contributed by atoms with E-state index >= 15 is 0 Å². The Bertz CT molecular complexity index is 314. The first-order chi connectivity index (χ1) is 6.27. The molecule has 0 unspecified atom stereocenters. The topological polar surface area (TPSA) is 48.7 Å². The second-order valence-corrected chi connectivity index (χ2v) is 2.97. The first kappa shape index (κ1) is 9.53. The first-order valence-electron chi connectivity index (χ1n) is 4.39. The van der Waals surface area contributed by atoms with Gasteiger partial charge < -0.3 is 5.32 Å². The molecule has 0 saturated carbocycles. The molecule has 0 radical (unpaired) electrons. The molecular formula is C10H13N3. The molecule has 1 heterocycles. The molecule has 0 amide bonds. The van der Waals surface area contributed by atoms with E-state index in [0.717, 1.165) is 6.42 Å². The van der Waals surface area contributed by atoms with Crippen LogP contribution in [0.5, 0.6) is 0 Å². The summed E-state index contributed by atoms with van der Waals surface area (Å²) < 4.78 is 0.